The number of hydroxylamine groups is 1. The summed E-state index contributed by atoms with van der Waals surface area (Å²) in [5.41, 5.74) is 0.660. The molecular weight excluding hydrogens is 439 g/mol. The van der Waals surface area contributed by atoms with Crippen LogP contribution in [0.2, 0.25) is 0 Å². The maximum atomic E-state index is 13.5. The number of pyridine rings is 1. The molecule has 3 atom stereocenters. The highest BCUT2D eigenvalue weighted by Crippen LogP contribution is 2.42. The van der Waals surface area contributed by atoms with Gasteiger partial charge in [-0.3, -0.25) is 14.9 Å². The minimum absolute atomic E-state index is 0.117. The van der Waals surface area contributed by atoms with Gasteiger partial charge in [0, 0.05) is 45.0 Å². The van der Waals surface area contributed by atoms with Crippen molar-refractivity contribution in [2.45, 2.75) is 29.3 Å². The average Bonchev–Trinajstić information content (AvgIpc) is 3.06. The van der Waals surface area contributed by atoms with Crippen LogP contribution in [-0.2, 0) is 20.5 Å². The number of nitrogens with one attached hydrogen (secondary N) is 1. The number of hydrogen-bond donors (Lipinski definition) is 2. The zero-order valence-electron chi connectivity index (χ0n) is 17.6. The van der Waals surface area contributed by atoms with Gasteiger partial charge in [0.1, 0.15) is 28.1 Å². The smallest absolute Gasteiger partial charge is 0.266 e. The number of hydrogen-bond acceptors (Lipinski definition) is 7. The van der Waals surface area contributed by atoms with E-state index in [2.05, 4.69) is 9.88 Å². The summed E-state index contributed by atoms with van der Waals surface area (Å²) in [6, 6.07) is 8.63. The molecule has 3 heterocycles. The second-order valence-electron chi connectivity index (χ2n) is 7.86. The lowest BCUT2D eigenvalue weighted by Gasteiger charge is -2.46. The fraction of sp³-hybridized carbons (Fsp3) is 0.429. The summed E-state index contributed by atoms with van der Waals surface area (Å²) in [5, 5.41) is 9.41. The van der Waals surface area contributed by atoms with Crippen molar-refractivity contribution in [1.82, 2.24) is 19.7 Å². The molecule has 172 valence electrons. The van der Waals surface area contributed by atoms with Crippen molar-refractivity contribution in [1.29, 1.82) is 0 Å². The summed E-state index contributed by atoms with van der Waals surface area (Å²) in [4.78, 5) is 19.5. The lowest BCUT2D eigenvalue weighted by Crippen LogP contribution is -2.67. The van der Waals surface area contributed by atoms with E-state index >= 15 is 0 Å². The molecule has 1 aromatic carbocycles. The molecule has 2 fully saturated rings. The zero-order valence-corrected chi connectivity index (χ0v) is 18.4. The summed E-state index contributed by atoms with van der Waals surface area (Å²) in [7, 11) is -0.0541. The Morgan fingerprint density at radius 1 is 1.34 bits per heavy atom. The highest BCUT2D eigenvalue weighted by Gasteiger charge is 2.58. The lowest BCUT2D eigenvalue weighted by molar-refractivity contribution is -0.141. The van der Waals surface area contributed by atoms with Crippen LogP contribution in [0, 0.1) is 5.82 Å². The van der Waals surface area contributed by atoms with Crippen LogP contribution >= 0.6 is 0 Å². The van der Waals surface area contributed by atoms with Crippen LogP contribution in [0.25, 0.3) is 0 Å². The van der Waals surface area contributed by atoms with Crippen LogP contribution in [0.4, 0.5) is 4.39 Å². The molecule has 9 nitrogen and oxygen atoms in total. The fourth-order valence-corrected chi connectivity index (χ4v) is 5.92. The quantitative estimate of drug-likeness (QED) is 0.453. The highest BCUT2D eigenvalue weighted by atomic mass is 32.2. The molecule has 2 saturated heterocycles. The van der Waals surface area contributed by atoms with Gasteiger partial charge in [-0.2, -0.15) is 4.31 Å². The number of halogens is 1. The number of ether oxygens (including phenoxy) is 2. The third kappa shape index (κ3) is 4.39. The van der Waals surface area contributed by atoms with Crippen LogP contribution in [0.1, 0.15) is 12.8 Å². The molecule has 4 rings (SSSR count). The number of likely N-dealkylation sites (tertiary alicyclic amines) is 1. The molecule has 1 amide bonds. The van der Waals surface area contributed by atoms with Gasteiger partial charge in [0.05, 0.1) is 11.5 Å². The number of carbonyl (C=O) groups excluding carboxylic acids is 1. The highest BCUT2D eigenvalue weighted by molar-refractivity contribution is 7.82. The maximum Gasteiger partial charge on any atom is 0.266 e. The van der Waals surface area contributed by atoms with Crippen LogP contribution in [0.5, 0.6) is 11.6 Å². The first kappa shape index (κ1) is 22.7. The lowest BCUT2D eigenvalue weighted by atomic mass is 9.96. The van der Waals surface area contributed by atoms with Crippen LogP contribution in [0.3, 0.4) is 0 Å². The van der Waals surface area contributed by atoms with E-state index in [0.29, 0.717) is 49.7 Å². The molecule has 2 aromatic rings. The van der Waals surface area contributed by atoms with Gasteiger partial charge in [-0.25, -0.2) is 19.1 Å². The van der Waals surface area contributed by atoms with E-state index in [1.165, 1.54) is 30.5 Å². The predicted molar refractivity (Wildman–Crippen MR) is 113 cm³/mol. The molecule has 3 unspecified atom stereocenters. The fourth-order valence-electron chi connectivity index (χ4n) is 4.37. The van der Waals surface area contributed by atoms with Crippen molar-refractivity contribution in [3.63, 3.8) is 0 Å². The topological polar surface area (TPSA) is 104 Å². The number of aromatic nitrogens is 1. The largest absolute Gasteiger partial charge is 0.439 e. The van der Waals surface area contributed by atoms with E-state index < -0.39 is 22.4 Å². The van der Waals surface area contributed by atoms with Crippen LogP contribution < -0.4 is 10.2 Å². The zero-order chi connectivity index (χ0) is 22.7. The van der Waals surface area contributed by atoms with Crippen molar-refractivity contribution in [2.24, 2.45) is 0 Å². The van der Waals surface area contributed by atoms with E-state index in [9.17, 15) is 18.6 Å². The Hall–Kier alpha value is -2.44. The first-order valence-corrected chi connectivity index (χ1v) is 11.3. The summed E-state index contributed by atoms with van der Waals surface area (Å²) in [6.45, 7) is 2.15. The van der Waals surface area contributed by atoms with Crippen molar-refractivity contribution in [3.8, 4) is 11.6 Å². The number of nitrogens with zero attached hydrogens (tertiary/aromatic N) is 3. The molecule has 2 aliphatic rings. The Kier molecular flexibility index (Phi) is 6.82. The molecule has 0 radical (unpaired) electrons. The monoisotopic (exact) mass is 464 g/mol. The van der Waals surface area contributed by atoms with Gasteiger partial charge in [0.25, 0.3) is 5.91 Å². The molecule has 0 aliphatic carbocycles. The van der Waals surface area contributed by atoms with Gasteiger partial charge in [0.15, 0.2) is 0 Å². The number of rotatable bonds is 8. The van der Waals surface area contributed by atoms with Gasteiger partial charge in [-0.05, 0) is 43.2 Å². The van der Waals surface area contributed by atoms with E-state index in [-0.39, 0.29) is 17.7 Å². The van der Waals surface area contributed by atoms with Crippen LogP contribution in [0.15, 0.2) is 47.5 Å². The third-order valence-electron chi connectivity index (χ3n) is 5.86. The Morgan fingerprint density at radius 2 is 2.12 bits per heavy atom. The first-order valence-electron chi connectivity index (χ1n) is 10.2. The molecule has 2 N–H and O–H groups in total. The molecule has 0 saturated carbocycles. The molecular formula is C21H25FN4O5S. The van der Waals surface area contributed by atoms with E-state index in [0.717, 1.165) is 0 Å². The van der Waals surface area contributed by atoms with Crippen molar-refractivity contribution in [2.75, 3.05) is 33.4 Å². The third-order valence-corrected chi connectivity index (χ3v) is 7.51. The van der Waals surface area contributed by atoms with E-state index in [1.54, 1.807) is 29.0 Å². The van der Waals surface area contributed by atoms with Gasteiger partial charge >= 0.3 is 0 Å². The van der Waals surface area contributed by atoms with Gasteiger partial charge in [-0.15, -0.1) is 0 Å². The normalized spacial score (nSPS) is 24.3. The number of fused-ring (bicyclic) bond motifs is 2. The second kappa shape index (κ2) is 9.59. The number of benzene rings is 1. The number of methoxy groups -OCH3 is 1. The molecule has 32 heavy (non-hydrogen) atoms. The van der Waals surface area contributed by atoms with Crippen LogP contribution in [-0.4, -0.2) is 74.4 Å². The number of piperazine rings is 1. The average molecular weight is 465 g/mol. The Labute approximate surface area is 187 Å². The molecule has 11 heteroatoms. The van der Waals surface area contributed by atoms with Gasteiger partial charge in [0.2, 0.25) is 5.88 Å². The summed E-state index contributed by atoms with van der Waals surface area (Å²) in [6.07, 6.45) is 2.61. The number of carbonyl (C=O) groups is 1. The number of amides is 1. The summed E-state index contributed by atoms with van der Waals surface area (Å²) < 4.78 is 39.0. The summed E-state index contributed by atoms with van der Waals surface area (Å²) in [5.74, 6) is -0.238. The SMILES string of the molecule is COCCN1CC2CCC(C(=O)NO)(C1)N2S(=O)c1ccc(Oc2ccc(F)cc2)nc1. The molecule has 2 bridgehead atoms. The Bertz CT molecular complexity index is 977. The second-order valence-corrected chi connectivity index (χ2v) is 9.22. The molecule has 2 aliphatic heterocycles. The Morgan fingerprint density at radius 3 is 2.78 bits per heavy atom. The van der Waals surface area contributed by atoms with Gasteiger partial charge in [-0.1, -0.05) is 0 Å². The summed E-state index contributed by atoms with van der Waals surface area (Å²) >= 11 is 0. The first-order chi connectivity index (χ1) is 15.5. The molecule has 0 spiro atoms. The van der Waals surface area contributed by atoms with E-state index in [1.807, 2.05) is 0 Å². The van der Waals surface area contributed by atoms with Crippen molar-refractivity contribution in [3.05, 3.63) is 48.4 Å². The predicted octanol–water partition coefficient (Wildman–Crippen LogP) is 1.71. The minimum atomic E-state index is -1.67. The Balaban J connectivity index is 1.53. The van der Waals surface area contributed by atoms with Crippen molar-refractivity contribution >= 4 is 16.9 Å². The minimum Gasteiger partial charge on any atom is -0.439 e. The standard InChI is InChI=1S/C21H25FN4O5S/c1-30-11-10-25-13-16-8-9-21(14-25,20(27)24-28)26(16)32(29)18-6-7-19(23-12-18)31-17-4-2-15(22)3-5-17/h2-7,12,16,28H,8-11,13-14H2,1H3,(H,24,27). The van der Waals surface area contributed by atoms with Crippen molar-refractivity contribution < 1.29 is 28.1 Å². The van der Waals surface area contributed by atoms with E-state index in [4.69, 9.17) is 9.47 Å². The maximum absolute atomic E-state index is 13.5. The van der Waals surface area contributed by atoms with Gasteiger partial charge < -0.3 is 9.47 Å². The molecule has 1 aromatic heterocycles.